The van der Waals surface area contributed by atoms with E-state index in [4.69, 9.17) is 0 Å². The van der Waals surface area contributed by atoms with Crippen LogP contribution in [-0.4, -0.2) is 52.4 Å². The molecule has 88 valence electrons. The van der Waals surface area contributed by atoms with Gasteiger partial charge in [0, 0.05) is 38.6 Å². The quantitative estimate of drug-likeness (QED) is 0.798. The number of hydrogen-bond donors (Lipinski definition) is 1. The molecule has 0 radical (unpaired) electrons. The summed E-state index contributed by atoms with van der Waals surface area (Å²) in [4.78, 5) is 12.7. The second kappa shape index (κ2) is 5.23. The molecule has 0 amide bonds. The second-order valence-electron chi connectivity index (χ2n) is 3.96. The van der Waals surface area contributed by atoms with Crippen LogP contribution >= 0.6 is 0 Å². The number of aliphatic hydroxyl groups excluding tert-OH is 1. The smallest absolute Gasteiger partial charge is 0.225 e. The predicted octanol–water partition coefficient (Wildman–Crippen LogP) is 0.327. The summed E-state index contributed by atoms with van der Waals surface area (Å²) in [6.07, 6.45) is 3.99. The Balaban J connectivity index is 1.91. The third-order valence-corrected chi connectivity index (χ3v) is 2.94. The molecule has 0 saturated carbocycles. The molecule has 16 heavy (non-hydrogen) atoms. The molecule has 0 aromatic carbocycles. The molecule has 0 spiro atoms. The molecule has 1 atom stereocenters. The summed E-state index contributed by atoms with van der Waals surface area (Å²) in [5.41, 5.74) is 0. The molecule has 2 heterocycles. The minimum Gasteiger partial charge on any atom is -0.378 e. The number of aromatic nitrogens is 2. The monoisotopic (exact) mass is 222 g/mol. The van der Waals surface area contributed by atoms with Gasteiger partial charge < -0.3 is 10.0 Å². The van der Waals surface area contributed by atoms with Gasteiger partial charge in [0.25, 0.3) is 0 Å². The summed E-state index contributed by atoms with van der Waals surface area (Å²) in [5, 5.41) is 9.72. The van der Waals surface area contributed by atoms with Gasteiger partial charge in [0.15, 0.2) is 0 Å². The lowest BCUT2D eigenvalue weighted by Gasteiger charge is -2.36. The van der Waals surface area contributed by atoms with E-state index < -0.39 is 0 Å². The van der Waals surface area contributed by atoms with Gasteiger partial charge in [-0.1, -0.05) is 6.92 Å². The van der Waals surface area contributed by atoms with E-state index in [0.29, 0.717) is 0 Å². The fourth-order valence-corrected chi connectivity index (χ4v) is 1.93. The first-order chi connectivity index (χ1) is 7.81. The minimum atomic E-state index is -0.307. The number of anilines is 1. The average Bonchev–Trinajstić information content (AvgIpc) is 2.39. The van der Waals surface area contributed by atoms with Gasteiger partial charge >= 0.3 is 0 Å². The molecule has 1 unspecified atom stereocenters. The molecule has 1 saturated heterocycles. The molecule has 1 aromatic rings. The first kappa shape index (κ1) is 11.3. The second-order valence-corrected chi connectivity index (χ2v) is 3.96. The van der Waals surface area contributed by atoms with Crippen LogP contribution in [0, 0.1) is 0 Å². The van der Waals surface area contributed by atoms with Crippen molar-refractivity contribution in [3.8, 4) is 0 Å². The van der Waals surface area contributed by atoms with Crippen LogP contribution in [-0.2, 0) is 0 Å². The predicted molar refractivity (Wildman–Crippen MR) is 62.1 cm³/mol. The van der Waals surface area contributed by atoms with Crippen molar-refractivity contribution >= 4 is 5.95 Å². The first-order valence-corrected chi connectivity index (χ1v) is 5.75. The summed E-state index contributed by atoms with van der Waals surface area (Å²) < 4.78 is 0. The van der Waals surface area contributed by atoms with Crippen LogP contribution < -0.4 is 4.90 Å². The highest BCUT2D eigenvalue weighted by molar-refractivity contribution is 5.29. The van der Waals surface area contributed by atoms with Crippen LogP contribution in [0.1, 0.15) is 13.3 Å². The Morgan fingerprint density at radius 2 is 1.88 bits per heavy atom. The van der Waals surface area contributed by atoms with Crippen molar-refractivity contribution in [1.29, 1.82) is 0 Å². The lowest BCUT2D eigenvalue weighted by Crippen LogP contribution is -2.50. The molecule has 1 aliphatic heterocycles. The van der Waals surface area contributed by atoms with Crippen LogP contribution in [0.4, 0.5) is 5.95 Å². The maximum Gasteiger partial charge on any atom is 0.225 e. The molecule has 5 nitrogen and oxygen atoms in total. The van der Waals surface area contributed by atoms with Crippen LogP contribution in [0.15, 0.2) is 18.5 Å². The third-order valence-electron chi connectivity index (χ3n) is 2.94. The lowest BCUT2D eigenvalue weighted by atomic mass is 10.3. The van der Waals surface area contributed by atoms with E-state index in [2.05, 4.69) is 19.8 Å². The van der Waals surface area contributed by atoms with Gasteiger partial charge in [-0.3, -0.25) is 4.90 Å². The summed E-state index contributed by atoms with van der Waals surface area (Å²) >= 11 is 0. The maximum atomic E-state index is 9.72. The molecule has 2 rings (SSSR count). The fourth-order valence-electron chi connectivity index (χ4n) is 1.93. The fraction of sp³-hybridized carbons (Fsp3) is 0.636. The van der Waals surface area contributed by atoms with Crippen LogP contribution in [0.5, 0.6) is 0 Å². The van der Waals surface area contributed by atoms with Crippen molar-refractivity contribution in [2.75, 3.05) is 31.1 Å². The van der Waals surface area contributed by atoms with Crippen molar-refractivity contribution < 1.29 is 5.11 Å². The van der Waals surface area contributed by atoms with Gasteiger partial charge in [-0.2, -0.15) is 0 Å². The SMILES string of the molecule is CCC(O)N1CCN(c2ncccn2)CC1. The zero-order valence-corrected chi connectivity index (χ0v) is 9.58. The summed E-state index contributed by atoms with van der Waals surface area (Å²) in [6.45, 7) is 5.49. The van der Waals surface area contributed by atoms with Crippen LogP contribution in [0.3, 0.4) is 0 Å². The average molecular weight is 222 g/mol. The van der Waals surface area contributed by atoms with E-state index in [1.165, 1.54) is 0 Å². The van der Waals surface area contributed by atoms with Gasteiger partial charge in [-0.15, -0.1) is 0 Å². The Kier molecular flexibility index (Phi) is 3.69. The maximum absolute atomic E-state index is 9.72. The van der Waals surface area contributed by atoms with E-state index in [-0.39, 0.29) is 6.23 Å². The molecule has 1 aromatic heterocycles. The van der Waals surface area contributed by atoms with Crippen molar-refractivity contribution in [3.63, 3.8) is 0 Å². The molecule has 0 aliphatic carbocycles. The Bertz CT molecular complexity index is 311. The normalized spacial score (nSPS) is 19.8. The summed E-state index contributed by atoms with van der Waals surface area (Å²) in [5.74, 6) is 0.785. The van der Waals surface area contributed by atoms with E-state index in [9.17, 15) is 5.11 Å². The largest absolute Gasteiger partial charge is 0.378 e. The molecule has 0 bridgehead atoms. The van der Waals surface area contributed by atoms with Crippen molar-refractivity contribution in [2.45, 2.75) is 19.6 Å². The van der Waals surface area contributed by atoms with Gasteiger partial charge in [-0.05, 0) is 12.5 Å². The number of aliphatic hydroxyl groups is 1. The Morgan fingerprint density at radius 3 is 2.44 bits per heavy atom. The van der Waals surface area contributed by atoms with Crippen LogP contribution in [0.25, 0.3) is 0 Å². The van der Waals surface area contributed by atoms with Crippen molar-refractivity contribution in [2.24, 2.45) is 0 Å². The van der Waals surface area contributed by atoms with Crippen LogP contribution in [0.2, 0.25) is 0 Å². The zero-order chi connectivity index (χ0) is 11.4. The van der Waals surface area contributed by atoms with E-state index in [1.54, 1.807) is 12.4 Å². The van der Waals surface area contributed by atoms with E-state index >= 15 is 0 Å². The Hall–Kier alpha value is -1.20. The van der Waals surface area contributed by atoms with Gasteiger partial charge in [0.1, 0.15) is 6.23 Å². The van der Waals surface area contributed by atoms with Crippen molar-refractivity contribution in [1.82, 2.24) is 14.9 Å². The van der Waals surface area contributed by atoms with Gasteiger partial charge in [0.2, 0.25) is 5.95 Å². The number of rotatable bonds is 3. The number of nitrogens with zero attached hydrogens (tertiary/aromatic N) is 4. The van der Waals surface area contributed by atoms with E-state index in [1.807, 2.05) is 13.0 Å². The third kappa shape index (κ3) is 2.48. The number of piperazine rings is 1. The van der Waals surface area contributed by atoms with E-state index in [0.717, 1.165) is 38.5 Å². The standard InChI is InChI=1S/C11H18N4O/c1-2-10(16)14-6-8-15(9-7-14)11-12-4-3-5-13-11/h3-5,10,16H,2,6-9H2,1H3. The minimum absolute atomic E-state index is 0.307. The highest BCUT2D eigenvalue weighted by Crippen LogP contribution is 2.11. The molecular formula is C11H18N4O. The molecular weight excluding hydrogens is 204 g/mol. The van der Waals surface area contributed by atoms with Gasteiger partial charge in [-0.25, -0.2) is 9.97 Å². The first-order valence-electron chi connectivity index (χ1n) is 5.75. The number of hydrogen-bond acceptors (Lipinski definition) is 5. The Morgan fingerprint density at radius 1 is 1.25 bits per heavy atom. The summed E-state index contributed by atoms with van der Waals surface area (Å²) in [6, 6.07) is 1.82. The molecule has 1 fully saturated rings. The lowest BCUT2D eigenvalue weighted by molar-refractivity contribution is -0.00207. The van der Waals surface area contributed by atoms with Gasteiger partial charge in [0.05, 0.1) is 0 Å². The highest BCUT2D eigenvalue weighted by atomic mass is 16.3. The molecule has 1 N–H and O–H groups in total. The Labute approximate surface area is 95.7 Å². The highest BCUT2D eigenvalue weighted by Gasteiger charge is 2.22. The summed E-state index contributed by atoms with van der Waals surface area (Å²) in [7, 11) is 0. The van der Waals surface area contributed by atoms with Crippen molar-refractivity contribution in [3.05, 3.63) is 18.5 Å². The topological polar surface area (TPSA) is 52.5 Å². The molecule has 1 aliphatic rings. The zero-order valence-electron chi connectivity index (χ0n) is 9.58. The molecule has 5 heteroatoms.